The summed E-state index contributed by atoms with van der Waals surface area (Å²) in [5.41, 5.74) is 6.81. The number of likely N-dealkylation sites (tertiary alicyclic amines) is 1. The number of methoxy groups -OCH3 is 1. The van der Waals surface area contributed by atoms with Crippen LogP contribution in [0.25, 0.3) is 39.2 Å². The molecule has 0 radical (unpaired) electrons. The van der Waals surface area contributed by atoms with E-state index in [1.165, 1.54) is 0 Å². The first-order valence-corrected chi connectivity index (χ1v) is 18.0. The van der Waals surface area contributed by atoms with Gasteiger partial charge in [0.05, 0.1) is 34.3 Å². The number of halogens is 2. The lowest BCUT2D eigenvalue weighted by Gasteiger charge is -2.17. The molecule has 2 aromatic carbocycles. The number of fused-ring (bicyclic) bond motifs is 1. The van der Waals surface area contributed by atoms with E-state index in [0.29, 0.717) is 84.1 Å². The molecule has 5 heterocycles. The number of amides is 1. The quantitative estimate of drug-likeness (QED) is 0.149. The van der Waals surface area contributed by atoms with Crippen molar-refractivity contribution in [2.45, 2.75) is 45.3 Å². The number of aromatic nitrogens is 3. The molecule has 0 aliphatic carbocycles. The minimum atomic E-state index is -0.807. The van der Waals surface area contributed by atoms with Gasteiger partial charge in [0.1, 0.15) is 5.65 Å². The van der Waals surface area contributed by atoms with Crippen LogP contribution in [-0.4, -0.2) is 69.0 Å². The van der Waals surface area contributed by atoms with E-state index in [-0.39, 0.29) is 17.5 Å². The van der Waals surface area contributed by atoms with Crippen molar-refractivity contribution in [3.63, 3.8) is 0 Å². The molecule has 2 aliphatic heterocycles. The largest absolute Gasteiger partial charge is 0.481 e. The first kappa shape index (κ1) is 35.6. The highest BCUT2D eigenvalue weighted by molar-refractivity contribution is 6.39. The summed E-state index contributed by atoms with van der Waals surface area (Å²) >= 11 is 14.3. The van der Waals surface area contributed by atoms with Gasteiger partial charge in [-0.25, -0.2) is 9.97 Å². The van der Waals surface area contributed by atoms with Crippen molar-refractivity contribution < 1.29 is 19.4 Å². The Kier molecular flexibility index (Phi) is 10.3. The molecule has 3 N–H and O–H groups in total. The fraction of sp³-hybridized carbons (Fsp3) is 0.308. The minimum absolute atomic E-state index is 0.0881. The van der Waals surface area contributed by atoms with Gasteiger partial charge in [0.15, 0.2) is 0 Å². The van der Waals surface area contributed by atoms with E-state index >= 15 is 0 Å². The number of nitrogens with one attached hydrogen (secondary N) is 2. The van der Waals surface area contributed by atoms with Crippen LogP contribution in [0.3, 0.4) is 0 Å². The molecule has 7 rings (SSSR count). The number of carboxylic acids is 1. The van der Waals surface area contributed by atoms with E-state index in [0.717, 1.165) is 39.8 Å². The summed E-state index contributed by atoms with van der Waals surface area (Å²) in [7, 11) is 1.59. The van der Waals surface area contributed by atoms with Crippen LogP contribution in [0.5, 0.6) is 5.88 Å². The van der Waals surface area contributed by atoms with Crippen molar-refractivity contribution in [3.05, 3.63) is 104 Å². The summed E-state index contributed by atoms with van der Waals surface area (Å²) in [5.74, 6) is -0.655. The fourth-order valence-corrected chi connectivity index (χ4v) is 7.80. The molecule has 13 heteroatoms. The highest BCUT2D eigenvalue weighted by atomic mass is 35.5. The highest BCUT2D eigenvalue weighted by Crippen LogP contribution is 2.42. The topological polar surface area (TPSA) is 138 Å². The number of nitrogens with zero attached hydrogens (tertiary/aromatic N) is 4. The Labute approximate surface area is 310 Å². The van der Waals surface area contributed by atoms with E-state index in [4.69, 9.17) is 32.9 Å². The molecule has 0 bridgehead atoms. The Morgan fingerprint density at radius 1 is 1.00 bits per heavy atom. The molecule has 0 spiro atoms. The van der Waals surface area contributed by atoms with Crippen molar-refractivity contribution in [2.75, 3.05) is 26.7 Å². The van der Waals surface area contributed by atoms with Crippen LogP contribution >= 0.6 is 23.2 Å². The standard InChI is InChI=1S/C39H38Cl2N6O5/c1-22-15-25(16-33-43-18-26(38(49)47(22)33)21-46-14-13-24(20-46)39(50)51)28-5-3-6-29(35(28)40)30-7-4-8-31(36(30)41)32-11-9-23(37(45-32)52-2)17-42-19-27-10-12-34(48)44-27/h3-9,11,15-16,18,24,27,42H,10,12-14,17,19-21H2,1-2H3,(H,44,48)(H,50,51). The van der Waals surface area contributed by atoms with E-state index in [1.54, 1.807) is 17.7 Å². The van der Waals surface area contributed by atoms with Crippen LogP contribution in [0, 0.1) is 12.8 Å². The molecule has 11 nitrogen and oxygen atoms in total. The van der Waals surface area contributed by atoms with Gasteiger partial charge in [-0.15, -0.1) is 0 Å². The van der Waals surface area contributed by atoms with Crippen LogP contribution < -0.4 is 20.9 Å². The average Bonchev–Trinajstić information content (AvgIpc) is 3.78. The number of hydrogen-bond acceptors (Lipinski definition) is 8. The Bertz CT molecular complexity index is 2260. The summed E-state index contributed by atoms with van der Waals surface area (Å²) in [4.78, 5) is 47.9. The van der Waals surface area contributed by atoms with E-state index in [2.05, 4.69) is 15.6 Å². The van der Waals surface area contributed by atoms with Crippen molar-refractivity contribution in [1.29, 1.82) is 0 Å². The number of carbonyl (C=O) groups is 2. The fourth-order valence-electron chi connectivity index (χ4n) is 7.14. The molecule has 2 fully saturated rings. The summed E-state index contributed by atoms with van der Waals surface area (Å²) in [5, 5.41) is 16.7. The molecule has 52 heavy (non-hydrogen) atoms. The third kappa shape index (κ3) is 7.14. The van der Waals surface area contributed by atoms with E-state index in [1.807, 2.05) is 72.5 Å². The van der Waals surface area contributed by atoms with Gasteiger partial charge in [-0.2, -0.15) is 0 Å². The molecule has 5 aromatic rings. The molecular weight excluding hydrogens is 703 g/mol. The lowest BCUT2D eigenvalue weighted by molar-refractivity contribution is -0.141. The van der Waals surface area contributed by atoms with Crippen molar-refractivity contribution >= 4 is 40.7 Å². The second-order valence-corrected chi connectivity index (χ2v) is 14.1. The molecule has 2 atom stereocenters. The normalized spacial score (nSPS) is 17.5. The smallest absolute Gasteiger partial charge is 0.307 e. The molecule has 2 unspecified atom stereocenters. The number of benzene rings is 2. The minimum Gasteiger partial charge on any atom is -0.481 e. The van der Waals surface area contributed by atoms with Gasteiger partial charge < -0.3 is 20.5 Å². The second kappa shape index (κ2) is 15.0. The lowest BCUT2D eigenvalue weighted by atomic mass is 9.96. The summed E-state index contributed by atoms with van der Waals surface area (Å²) < 4.78 is 7.23. The average molecular weight is 742 g/mol. The zero-order chi connectivity index (χ0) is 36.5. The van der Waals surface area contributed by atoms with Crippen molar-refractivity contribution in [1.82, 2.24) is 29.9 Å². The Hall–Kier alpha value is -4.81. The third-order valence-electron chi connectivity index (χ3n) is 9.87. The van der Waals surface area contributed by atoms with E-state index < -0.39 is 11.9 Å². The Morgan fingerprint density at radius 3 is 2.42 bits per heavy atom. The van der Waals surface area contributed by atoms with Crippen molar-refractivity contribution in [3.8, 4) is 39.4 Å². The van der Waals surface area contributed by atoms with E-state index in [9.17, 15) is 19.5 Å². The van der Waals surface area contributed by atoms with Gasteiger partial charge >= 0.3 is 5.97 Å². The monoisotopic (exact) mass is 740 g/mol. The highest BCUT2D eigenvalue weighted by Gasteiger charge is 2.28. The Morgan fingerprint density at radius 2 is 1.73 bits per heavy atom. The zero-order valence-electron chi connectivity index (χ0n) is 28.8. The van der Waals surface area contributed by atoms with Crippen LogP contribution in [0.15, 0.2) is 71.7 Å². The number of aliphatic carboxylic acids is 1. The SMILES string of the molecule is COc1nc(-c2cccc(-c3cccc(-c4cc(C)n5c(=O)c(CN6CCC(C(=O)O)C6)cnc5c4)c3Cl)c2Cl)ccc1CNCC1CCC(=O)N1. The third-order valence-corrected chi connectivity index (χ3v) is 10.7. The van der Waals surface area contributed by atoms with Gasteiger partial charge in [0, 0.05) is 78.3 Å². The van der Waals surface area contributed by atoms with Crippen LogP contribution in [0.1, 0.15) is 36.1 Å². The van der Waals surface area contributed by atoms with Crippen LogP contribution in [0.2, 0.25) is 10.0 Å². The van der Waals surface area contributed by atoms with Gasteiger partial charge in [-0.05, 0) is 50.1 Å². The van der Waals surface area contributed by atoms with Crippen LogP contribution in [-0.2, 0) is 22.7 Å². The molecule has 2 saturated heterocycles. The Balaban J connectivity index is 1.15. The number of carboxylic acid groups (broad SMARTS) is 1. The number of hydrogen-bond donors (Lipinski definition) is 3. The van der Waals surface area contributed by atoms with Crippen LogP contribution in [0.4, 0.5) is 0 Å². The molecule has 1 amide bonds. The predicted octanol–water partition coefficient (Wildman–Crippen LogP) is 5.99. The number of rotatable bonds is 11. The second-order valence-electron chi connectivity index (χ2n) is 13.4. The summed E-state index contributed by atoms with van der Waals surface area (Å²) in [6.07, 6.45) is 3.53. The lowest BCUT2D eigenvalue weighted by Crippen LogP contribution is -2.35. The molecule has 2 aliphatic rings. The maximum Gasteiger partial charge on any atom is 0.307 e. The van der Waals surface area contributed by atoms with Gasteiger partial charge in [0.25, 0.3) is 5.56 Å². The van der Waals surface area contributed by atoms with Gasteiger partial charge in [-0.3, -0.25) is 23.7 Å². The van der Waals surface area contributed by atoms with Gasteiger partial charge in [0.2, 0.25) is 11.8 Å². The molecule has 268 valence electrons. The predicted molar refractivity (Wildman–Crippen MR) is 201 cm³/mol. The number of ether oxygens (including phenoxy) is 1. The zero-order valence-corrected chi connectivity index (χ0v) is 30.3. The number of carbonyl (C=O) groups excluding carboxylic acids is 1. The first-order chi connectivity index (χ1) is 25.1. The van der Waals surface area contributed by atoms with Crippen molar-refractivity contribution in [2.24, 2.45) is 5.92 Å². The number of aryl methyl sites for hydroxylation is 1. The first-order valence-electron chi connectivity index (χ1n) is 17.2. The maximum atomic E-state index is 13.6. The maximum absolute atomic E-state index is 13.6. The summed E-state index contributed by atoms with van der Waals surface area (Å²) in [6, 6.07) is 19.3. The van der Waals surface area contributed by atoms with Gasteiger partial charge in [-0.1, -0.05) is 65.7 Å². The molecular formula is C39H38Cl2N6O5. The molecule has 3 aromatic heterocycles. The molecule has 0 saturated carbocycles. The summed E-state index contributed by atoms with van der Waals surface area (Å²) in [6.45, 7) is 4.43. The number of pyridine rings is 2.